The Morgan fingerprint density at radius 2 is 2.00 bits per heavy atom. The van der Waals surface area contributed by atoms with E-state index in [4.69, 9.17) is 9.05 Å². The third-order valence-electron chi connectivity index (χ3n) is 1.97. The van der Waals surface area contributed by atoms with Crippen LogP contribution in [0.15, 0.2) is 30.3 Å². The second kappa shape index (κ2) is 7.71. The summed E-state index contributed by atoms with van der Waals surface area (Å²) in [4.78, 5) is 21.7. The highest BCUT2D eigenvalue weighted by molar-refractivity contribution is 7.55. The molecule has 1 atom stereocenters. The Balaban J connectivity index is 2.66. The first-order valence-corrected chi connectivity index (χ1v) is 7.40. The zero-order valence-corrected chi connectivity index (χ0v) is 11.4. The number of carbonyl (C=O) groups is 2. The number of hydrogen-bond acceptors (Lipinski definition) is 6. The predicted octanol–water partition coefficient (Wildman–Crippen LogP) is 2.04. The van der Waals surface area contributed by atoms with Gasteiger partial charge in [-0.3, -0.25) is 4.52 Å². The third kappa shape index (κ3) is 5.68. The standard InChI is InChI=1S/C12H15O6P/c1-2-16-12(14)10-17-19(15,9-8-13)18-11-6-4-3-5-7-11/h3-8H,2,9-10H2,1H3. The lowest BCUT2D eigenvalue weighted by molar-refractivity contribution is -0.145. The van der Waals surface area contributed by atoms with Crippen LogP contribution in [-0.4, -0.2) is 31.6 Å². The molecule has 0 aromatic heterocycles. The van der Waals surface area contributed by atoms with Crippen LogP contribution in [0.25, 0.3) is 0 Å². The van der Waals surface area contributed by atoms with Crippen LogP contribution in [0.1, 0.15) is 6.92 Å². The van der Waals surface area contributed by atoms with Crippen LogP contribution in [-0.2, 0) is 23.4 Å². The maximum atomic E-state index is 12.2. The molecule has 0 radical (unpaired) electrons. The van der Waals surface area contributed by atoms with Crippen molar-refractivity contribution in [1.82, 2.24) is 0 Å². The largest absolute Gasteiger partial charge is 0.464 e. The average molecular weight is 286 g/mol. The number of para-hydroxylation sites is 1. The molecule has 0 saturated carbocycles. The van der Waals surface area contributed by atoms with Crippen molar-refractivity contribution < 1.29 is 27.9 Å². The molecule has 0 bridgehead atoms. The highest BCUT2D eigenvalue weighted by atomic mass is 31.2. The SMILES string of the molecule is CCOC(=O)COP(=O)(CC=O)Oc1ccccc1. The van der Waals surface area contributed by atoms with Crippen molar-refractivity contribution in [3.63, 3.8) is 0 Å². The summed E-state index contributed by atoms with van der Waals surface area (Å²) in [5, 5.41) is 0. The number of hydrogen-bond donors (Lipinski definition) is 0. The molecule has 0 aliphatic rings. The van der Waals surface area contributed by atoms with Gasteiger partial charge in [0.05, 0.1) is 6.61 Å². The van der Waals surface area contributed by atoms with E-state index in [9.17, 15) is 14.2 Å². The normalized spacial score (nSPS) is 13.3. The van der Waals surface area contributed by atoms with E-state index in [-0.39, 0.29) is 6.61 Å². The maximum absolute atomic E-state index is 12.2. The molecule has 0 aliphatic heterocycles. The van der Waals surface area contributed by atoms with Crippen molar-refractivity contribution in [1.29, 1.82) is 0 Å². The number of esters is 1. The number of benzene rings is 1. The van der Waals surface area contributed by atoms with E-state index in [1.807, 2.05) is 0 Å². The molecule has 1 aromatic rings. The fraction of sp³-hybridized carbons (Fsp3) is 0.333. The molecule has 0 heterocycles. The molecule has 0 spiro atoms. The van der Waals surface area contributed by atoms with Gasteiger partial charge in [-0.05, 0) is 19.1 Å². The summed E-state index contributed by atoms with van der Waals surface area (Å²) in [7, 11) is -3.69. The van der Waals surface area contributed by atoms with E-state index < -0.39 is 26.3 Å². The Morgan fingerprint density at radius 3 is 2.58 bits per heavy atom. The molecule has 0 amide bonds. The quantitative estimate of drug-likeness (QED) is 0.413. The van der Waals surface area contributed by atoms with Crippen molar-refractivity contribution in [2.24, 2.45) is 0 Å². The van der Waals surface area contributed by atoms with Crippen LogP contribution in [0.4, 0.5) is 0 Å². The minimum Gasteiger partial charge on any atom is -0.464 e. The zero-order chi connectivity index (χ0) is 14.1. The topological polar surface area (TPSA) is 78.9 Å². The summed E-state index contributed by atoms with van der Waals surface area (Å²) < 4.78 is 26.9. The van der Waals surface area contributed by atoms with Crippen molar-refractivity contribution in [2.75, 3.05) is 19.4 Å². The maximum Gasteiger partial charge on any atom is 0.386 e. The van der Waals surface area contributed by atoms with Crippen LogP contribution in [0.5, 0.6) is 5.75 Å². The lowest BCUT2D eigenvalue weighted by Crippen LogP contribution is -2.14. The fourth-order valence-corrected chi connectivity index (χ4v) is 2.36. The second-order valence-electron chi connectivity index (χ2n) is 3.44. The molecule has 19 heavy (non-hydrogen) atoms. The molecule has 0 saturated heterocycles. The summed E-state index contributed by atoms with van der Waals surface area (Å²) in [5.74, 6) is -0.359. The molecule has 1 rings (SSSR count). The van der Waals surface area contributed by atoms with Gasteiger partial charge in [-0.2, -0.15) is 0 Å². The summed E-state index contributed by atoms with van der Waals surface area (Å²) in [5.41, 5.74) is 0. The molecule has 1 aromatic carbocycles. The van der Waals surface area contributed by atoms with E-state index in [0.717, 1.165) is 0 Å². The van der Waals surface area contributed by atoms with Crippen molar-refractivity contribution in [3.05, 3.63) is 30.3 Å². The van der Waals surface area contributed by atoms with Crippen LogP contribution in [0, 0.1) is 0 Å². The van der Waals surface area contributed by atoms with Crippen LogP contribution < -0.4 is 4.52 Å². The smallest absolute Gasteiger partial charge is 0.386 e. The molecular formula is C12H15O6P. The van der Waals surface area contributed by atoms with Crippen molar-refractivity contribution in [2.45, 2.75) is 6.92 Å². The molecule has 0 aliphatic carbocycles. The minimum absolute atomic E-state index is 0.194. The van der Waals surface area contributed by atoms with Gasteiger partial charge in [-0.15, -0.1) is 0 Å². The van der Waals surface area contributed by atoms with Gasteiger partial charge in [0.1, 0.15) is 18.2 Å². The minimum atomic E-state index is -3.69. The second-order valence-corrected chi connectivity index (χ2v) is 5.47. The Labute approximate surface area is 111 Å². The number of aldehydes is 1. The van der Waals surface area contributed by atoms with Gasteiger partial charge in [-0.1, -0.05) is 18.2 Å². The van der Waals surface area contributed by atoms with Gasteiger partial charge < -0.3 is 14.1 Å². The predicted molar refractivity (Wildman–Crippen MR) is 68.2 cm³/mol. The average Bonchev–Trinajstić information content (AvgIpc) is 2.38. The fourth-order valence-electron chi connectivity index (χ4n) is 1.20. The van der Waals surface area contributed by atoms with Crippen LogP contribution in [0.3, 0.4) is 0 Å². The molecular weight excluding hydrogens is 271 g/mol. The van der Waals surface area contributed by atoms with Crippen molar-refractivity contribution >= 4 is 19.9 Å². The summed E-state index contributed by atoms with van der Waals surface area (Å²) in [6.07, 6.45) is -0.00380. The molecule has 7 heteroatoms. The lowest BCUT2D eigenvalue weighted by atomic mass is 10.3. The first-order chi connectivity index (χ1) is 9.09. The molecule has 1 unspecified atom stereocenters. The number of ether oxygens (including phenoxy) is 1. The van der Waals surface area contributed by atoms with E-state index in [0.29, 0.717) is 12.0 Å². The summed E-state index contributed by atoms with van der Waals surface area (Å²) >= 11 is 0. The Bertz CT molecular complexity index is 459. The van der Waals surface area contributed by atoms with Crippen molar-refractivity contribution in [3.8, 4) is 5.75 Å². The Hall–Kier alpha value is -1.65. The van der Waals surface area contributed by atoms with E-state index in [2.05, 4.69) is 4.74 Å². The molecule has 0 N–H and O–H groups in total. The van der Waals surface area contributed by atoms with Gasteiger partial charge in [0.15, 0.2) is 6.61 Å². The summed E-state index contributed by atoms with van der Waals surface area (Å²) in [6.45, 7) is 1.31. The van der Waals surface area contributed by atoms with Crippen LogP contribution in [0.2, 0.25) is 0 Å². The van der Waals surface area contributed by atoms with Gasteiger partial charge in [-0.25, -0.2) is 9.36 Å². The third-order valence-corrected chi connectivity index (χ3v) is 3.58. The Kier molecular flexibility index (Phi) is 6.25. The van der Waals surface area contributed by atoms with Gasteiger partial charge in [0, 0.05) is 0 Å². The Morgan fingerprint density at radius 1 is 1.32 bits per heavy atom. The monoisotopic (exact) mass is 286 g/mol. The molecule has 0 fully saturated rings. The summed E-state index contributed by atoms with van der Waals surface area (Å²) in [6, 6.07) is 8.28. The van der Waals surface area contributed by atoms with Gasteiger partial charge in [0.2, 0.25) is 0 Å². The number of rotatable bonds is 8. The molecule has 104 valence electrons. The van der Waals surface area contributed by atoms with E-state index >= 15 is 0 Å². The van der Waals surface area contributed by atoms with Crippen LogP contribution >= 0.6 is 7.60 Å². The highest BCUT2D eigenvalue weighted by Crippen LogP contribution is 2.47. The van der Waals surface area contributed by atoms with Gasteiger partial charge >= 0.3 is 13.6 Å². The van der Waals surface area contributed by atoms with E-state index in [1.165, 1.54) is 0 Å². The van der Waals surface area contributed by atoms with E-state index in [1.54, 1.807) is 37.3 Å². The highest BCUT2D eigenvalue weighted by Gasteiger charge is 2.27. The zero-order valence-electron chi connectivity index (χ0n) is 10.5. The lowest BCUT2D eigenvalue weighted by Gasteiger charge is -2.16. The molecule has 6 nitrogen and oxygen atoms in total. The first-order valence-electron chi connectivity index (χ1n) is 5.67. The number of carbonyl (C=O) groups excluding carboxylic acids is 2. The first kappa shape index (κ1) is 15.4. The van der Waals surface area contributed by atoms with Gasteiger partial charge in [0.25, 0.3) is 0 Å².